The summed E-state index contributed by atoms with van der Waals surface area (Å²) >= 11 is 1.35. The molecule has 1 fully saturated rings. The van der Waals surface area contributed by atoms with Crippen LogP contribution in [0.25, 0.3) is 22.4 Å². The van der Waals surface area contributed by atoms with Gasteiger partial charge in [0.25, 0.3) is 0 Å². The average Bonchev–Trinajstić information content (AvgIpc) is 3.10. The van der Waals surface area contributed by atoms with Gasteiger partial charge < -0.3 is 22.1 Å². The van der Waals surface area contributed by atoms with E-state index >= 15 is 0 Å². The zero-order valence-corrected chi connectivity index (χ0v) is 17.4. The third-order valence-electron chi connectivity index (χ3n) is 4.97. The number of benzene rings is 1. The van der Waals surface area contributed by atoms with Crippen molar-refractivity contribution in [2.45, 2.75) is 18.9 Å². The van der Waals surface area contributed by atoms with Crippen molar-refractivity contribution in [3.63, 3.8) is 0 Å². The first-order chi connectivity index (χ1) is 14.2. The van der Waals surface area contributed by atoms with Crippen LogP contribution in [0.2, 0.25) is 0 Å². The Morgan fingerprint density at radius 3 is 2.48 bits per heavy atom. The standard InChI is InChI=1S/C21H22N4OS.CH5N/c22-16-8-10-25(11-9-16)18-12-15(7-6-14-4-2-1-3-5-14)19-20(23)17(13-26)27-21(19)24-18;1-2/h1-7,12-13,16H,8-11,22-23H2;2H2,1H3/b7-6+;. The molecule has 29 heavy (non-hydrogen) atoms. The smallest absolute Gasteiger partial charge is 0.162 e. The molecule has 0 amide bonds. The normalized spacial score (nSPS) is 14.8. The fourth-order valence-corrected chi connectivity index (χ4v) is 4.35. The van der Waals surface area contributed by atoms with E-state index in [0.717, 1.165) is 59.4 Å². The number of nitrogens with two attached hydrogens (primary N) is 3. The Balaban J connectivity index is 0.00000117. The summed E-state index contributed by atoms with van der Waals surface area (Å²) in [4.78, 5) is 19.8. The number of nitrogens with zero attached hydrogens (tertiary/aromatic N) is 2. The average molecular weight is 410 g/mol. The molecular formula is C22H27N5OS. The Bertz CT molecular complexity index is 991. The lowest BCUT2D eigenvalue weighted by atomic mass is 10.1. The van der Waals surface area contributed by atoms with E-state index < -0.39 is 0 Å². The summed E-state index contributed by atoms with van der Waals surface area (Å²) in [7, 11) is 1.50. The van der Waals surface area contributed by atoms with Crippen LogP contribution in [-0.4, -0.2) is 37.4 Å². The number of fused-ring (bicyclic) bond motifs is 1. The van der Waals surface area contributed by atoms with E-state index in [1.165, 1.54) is 18.4 Å². The molecule has 1 aromatic carbocycles. The lowest BCUT2D eigenvalue weighted by Gasteiger charge is -2.31. The summed E-state index contributed by atoms with van der Waals surface area (Å²) in [5.41, 5.74) is 19.4. The van der Waals surface area contributed by atoms with Crippen molar-refractivity contribution in [1.82, 2.24) is 4.98 Å². The first-order valence-corrected chi connectivity index (χ1v) is 10.5. The number of rotatable bonds is 4. The van der Waals surface area contributed by atoms with E-state index in [1.54, 1.807) is 0 Å². The van der Waals surface area contributed by atoms with Crippen LogP contribution in [0, 0.1) is 0 Å². The van der Waals surface area contributed by atoms with Gasteiger partial charge in [-0.2, -0.15) is 0 Å². The minimum atomic E-state index is 0.265. The molecule has 7 heteroatoms. The number of nitrogen functional groups attached to an aromatic ring is 1. The van der Waals surface area contributed by atoms with Crippen LogP contribution in [0.3, 0.4) is 0 Å². The summed E-state index contributed by atoms with van der Waals surface area (Å²) in [6.07, 6.45) is 6.84. The summed E-state index contributed by atoms with van der Waals surface area (Å²) in [5, 5.41) is 0.853. The number of piperidine rings is 1. The van der Waals surface area contributed by atoms with Crippen molar-refractivity contribution in [3.05, 3.63) is 52.4 Å². The number of pyridine rings is 1. The van der Waals surface area contributed by atoms with Gasteiger partial charge >= 0.3 is 0 Å². The number of hydrogen-bond acceptors (Lipinski definition) is 7. The fourth-order valence-electron chi connectivity index (χ4n) is 3.41. The summed E-state index contributed by atoms with van der Waals surface area (Å²) in [5.74, 6) is 0.917. The highest BCUT2D eigenvalue weighted by molar-refractivity contribution is 7.20. The minimum Gasteiger partial charge on any atom is -0.397 e. The Labute approximate surface area is 175 Å². The van der Waals surface area contributed by atoms with Gasteiger partial charge in [-0.3, -0.25) is 4.79 Å². The van der Waals surface area contributed by atoms with Crippen molar-refractivity contribution in [2.24, 2.45) is 11.5 Å². The molecule has 0 radical (unpaired) electrons. The second kappa shape index (κ2) is 9.65. The van der Waals surface area contributed by atoms with Gasteiger partial charge in [0.2, 0.25) is 0 Å². The number of aldehydes is 1. The van der Waals surface area contributed by atoms with Gasteiger partial charge in [-0.15, -0.1) is 11.3 Å². The molecule has 0 spiro atoms. The van der Waals surface area contributed by atoms with Gasteiger partial charge in [0, 0.05) is 24.5 Å². The molecule has 0 atom stereocenters. The van der Waals surface area contributed by atoms with E-state index in [9.17, 15) is 4.79 Å². The van der Waals surface area contributed by atoms with Gasteiger partial charge in [-0.25, -0.2) is 4.98 Å². The van der Waals surface area contributed by atoms with E-state index in [0.29, 0.717) is 10.6 Å². The van der Waals surface area contributed by atoms with Crippen molar-refractivity contribution in [2.75, 3.05) is 30.8 Å². The van der Waals surface area contributed by atoms with Crippen LogP contribution in [0.1, 0.15) is 33.6 Å². The number of aromatic nitrogens is 1. The van der Waals surface area contributed by atoms with Gasteiger partial charge in [0.1, 0.15) is 10.6 Å². The highest BCUT2D eigenvalue weighted by Crippen LogP contribution is 2.37. The maximum atomic E-state index is 11.4. The lowest BCUT2D eigenvalue weighted by molar-refractivity contribution is 0.112. The molecule has 0 saturated carbocycles. The summed E-state index contributed by atoms with van der Waals surface area (Å²) in [6.45, 7) is 1.78. The van der Waals surface area contributed by atoms with Crippen molar-refractivity contribution in [3.8, 4) is 0 Å². The Morgan fingerprint density at radius 2 is 1.83 bits per heavy atom. The third-order valence-corrected chi connectivity index (χ3v) is 6.00. The van der Waals surface area contributed by atoms with Crippen molar-refractivity contribution in [1.29, 1.82) is 0 Å². The Kier molecular flexibility index (Phi) is 6.98. The molecule has 6 N–H and O–H groups in total. The SMILES string of the molecule is CN.Nc1c(C=O)sc2nc(N3CCC(N)CC3)cc(/C=C/c3ccccc3)c12. The second-order valence-corrected chi connectivity index (χ2v) is 7.85. The Morgan fingerprint density at radius 1 is 1.14 bits per heavy atom. The zero-order valence-electron chi connectivity index (χ0n) is 16.5. The molecule has 0 aliphatic carbocycles. The van der Waals surface area contributed by atoms with Crippen LogP contribution >= 0.6 is 11.3 Å². The van der Waals surface area contributed by atoms with E-state index in [4.69, 9.17) is 16.5 Å². The molecule has 1 saturated heterocycles. The predicted molar refractivity (Wildman–Crippen MR) is 124 cm³/mol. The maximum Gasteiger partial charge on any atom is 0.162 e. The number of carbonyl (C=O) groups excluding carboxylic acids is 1. The second-order valence-electron chi connectivity index (χ2n) is 6.82. The van der Waals surface area contributed by atoms with Crippen molar-refractivity contribution < 1.29 is 4.79 Å². The largest absolute Gasteiger partial charge is 0.397 e. The van der Waals surface area contributed by atoms with Crippen LogP contribution in [0.15, 0.2) is 36.4 Å². The topological polar surface area (TPSA) is 111 Å². The van der Waals surface area contributed by atoms with Crippen molar-refractivity contribution >= 4 is 51.5 Å². The minimum absolute atomic E-state index is 0.265. The number of hydrogen-bond donors (Lipinski definition) is 3. The fraction of sp³-hybridized carbons (Fsp3) is 0.273. The number of anilines is 2. The zero-order chi connectivity index (χ0) is 20.8. The molecule has 1 aliphatic rings. The molecule has 3 aromatic rings. The lowest BCUT2D eigenvalue weighted by Crippen LogP contribution is -2.40. The highest BCUT2D eigenvalue weighted by Gasteiger charge is 2.20. The maximum absolute atomic E-state index is 11.4. The first kappa shape index (κ1) is 21.0. The Hall–Kier alpha value is -2.74. The van der Waals surface area contributed by atoms with E-state index in [-0.39, 0.29) is 6.04 Å². The van der Waals surface area contributed by atoms with Crippen LogP contribution in [0.5, 0.6) is 0 Å². The molecule has 4 rings (SSSR count). The van der Waals surface area contributed by atoms with Gasteiger partial charge in [0.05, 0.1) is 10.6 Å². The van der Waals surface area contributed by atoms with E-state index in [1.807, 2.05) is 18.2 Å². The summed E-state index contributed by atoms with van der Waals surface area (Å²) in [6, 6.07) is 12.4. The number of thiophene rings is 1. The summed E-state index contributed by atoms with van der Waals surface area (Å²) < 4.78 is 0. The molecule has 0 unspecified atom stereocenters. The molecule has 3 heterocycles. The first-order valence-electron chi connectivity index (χ1n) is 9.65. The van der Waals surface area contributed by atoms with E-state index in [2.05, 4.69) is 41.0 Å². The highest BCUT2D eigenvalue weighted by atomic mass is 32.1. The van der Waals surface area contributed by atoms with Gasteiger partial charge in [-0.05, 0) is 37.1 Å². The van der Waals surface area contributed by atoms with Gasteiger partial charge in [-0.1, -0.05) is 42.5 Å². The van der Waals surface area contributed by atoms with Crippen LogP contribution in [0.4, 0.5) is 11.5 Å². The predicted octanol–water partition coefficient (Wildman–Crippen LogP) is 3.36. The molecule has 1 aliphatic heterocycles. The third kappa shape index (κ3) is 4.64. The van der Waals surface area contributed by atoms with Crippen LogP contribution in [-0.2, 0) is 0 Å². The molecule has 2 aromatic heterocycles. The molecule has 6 nitrogen and oxygen atoms in total. The number of carbonyl (C=O) groups is 1. The quantitative estimate of drug-likeness (QED) is 0.570. The molecule has 152 valence electrons. The van der Waals surface area contributed by atoms with Crippen LogP contribution < -0.4 is 22.1 Å². The monoisotopic (exact) mass is 409 g/mol. The van der Waals surface area contributed by atoms with Gasteiger partial charge in [0.15, 0.2) is 6.29 Å². The molecular weight excluding hydrogens is 382 g/mol. The molecule has 0 bridgehead atoms.